The maximum atomic E-state index is 13.1. The molecule has 1 aromatic heterocycles. The number of amides is 1. The number of hydrogen-bond acceptors (Lipinski definition) is 5. The van der Waals surface area contributed by atoms with Gasteiger partial charge in [0, 0.05) is 51.2 Å². The van der Waals surface area contributed by atoms with Crippen LogP contribution in [0.1, 0.15) is 37.5 Å². The largest absolute Gasteiger partial charge is 0.421 e. The molecule has 2 N–H and O–H groups in total. The molecule has 1 aliphatic heterocycles. The summed E-state index contributed by atoms with van der Waals surface area (Å²) in [4.78, 5) is 21.7. The highest BCUT2D eigenvalue weighted by Gasteiger charge is 2.51. The Hall–Kier alpha value is -3.27. The summed E-state index contributed by atoms with van der Waals surface area (Å²) >= 11 is 0. The second-order valence-electron chi connectivity index (χ2n) is 10.6. The minimum atomic E-state index is -4.75. The zero-order chi connectivity index (χ0) is 28.2. The summed E-state index contributed by atoms with van der Waals surface area (Å²) in [5, 5.41) is 13.0. The fourth-order valence-corrected chi connectivity index (χ4v) is 4.77. The average Bonchev–Trinajstić information content (AvgIpc) is 2.89. The van der Waals surface area contributed by atoms with Gasteiger partial charge in [0.25, 0.3) is 0 Å². The van der Waals surface area contributed by atoms with E-state index in [0.717, 1.165) is 42.3 Å². The number of halogens is 3. The highest BCUT2D eigenvalue weighted by molar-refractivity contribution is 5.82. The summed E-state index contributed by atoms with van der Waals surface area (Å²) in [6, 6.07) is 17.4. The van der Waals surface area contributed by atoms with Crippen LogP contribution >= 0.6 is 0 Å². The summed E-state index contributed by atoms with van der Waals surface area (Å²) in [6.45, 7) is 8.21. The van der Waals surface area contributed by atoms with Crippen LogP contribution in [0.4, 0.5) is 13.2 Å². The zero-order valence-electron chi connectivity index (χ0n) is 22.4. The van der Waals surface area contributed by atoms with Crippen LogP contribution in [-0.4, -0.2) is 63.7 Å². The Balaban J connectivity index is 1.42. The van der Waals surface area contributed by atoms with Gasteiger partial charge in [0.15, 0.2) is 5.60 Å². The van der Waals surface area contributed by atoms with Crippen molar-refractivity contribution < 1.29 is 23.1 Å². The van der Waals surface area contributed by atoms with Crippen molar-refractivity contribution in [3.63, 3.8) is 0 Å². The first-order valence-electron chi connectivity index (χ1n) is 13.1. The van der Waals surface area contributed by atoms with Crippen molar-refractivity contribution in [1.82, 2.24) is 20.1 Å². The molecule has 1 saturated heterocycles. The smallest absolute Gasteiger partial charge is 0.376 e. The normalized spacial score (nSPS) is 18.6. The molecule has 2 aromatic carbocycles. The molecule has 1 fully saturated rings. The summed E-state index contributed by atoms with van der Waals surface area (Å²) in [5.74, 6) is 0.0204. The topological polar surface area (TPSA) is 68.7 Å². The predicted molar refractivity (Wildman–Crippen MR) is 144 cm³/mol. The van der Waals surface area contributed by atoms with Crippen molar-refractivity contribution in [2.45, 2.75) is 57.7 Å². The van der Waals surface area contributed by atoms with E-state index in [1.807, 2.05) is 50.2 Å². The minimum Gasteiger partial charge on any atom is -0.376 e. The van der Waals surface area contributed by atoms with E-state index in [1.165, 1.54) is 12.1 Å². The van der Waals surface area contributed by atoms with Crippen LogP contribution in [0.5, 0.6) is 0 Å². The molecule has 0 saturated carbocycles. The third-order valence-corrected chi connectivity index (χ3v) is 7.14. The first-order valence-corrected chi connectivity index (χ1v) is 13.1. The molecule has 2 heterocycles. The van der Waals surface area contributed by atoms with Crippen LogP contribution in [0.15, 0.2) is 73.1 Å². The summed E-state index contributed by atoms with van der Waals surface area (Å²) < 4.78 is 39.4. The molecule has 0 spiro atoms. The van der Waals surface area contributed by atoms with Crippen LogP contribution in [0.25, 0.3) is 11.1 Å². The van der Waals surface area contributed by atoms with Gasteiger partial charge in [-0.2, -0.15) is 13.2 Å². The van der Waals surface area contributed by atoms with Gasteiger partial charge in [0.1, 0.15) is 6.04 Å². The standard InChI is InChI=1S/C30H35F3N4O2/c1-21(2)35-28(38)27-20-36(16-17-37(27)19-23-12-14-34-15-13-23)18-22-4-6-24(7-5-22)25-8-10-26(11-9-25)29(3,39)30(31,32)33/h4-15,21,27,39H,16-20H2,1-3H3,(H,35,38)/t27-,29?/m1/s1. The molecule has 3 aromatic rings. The molecule has 0 bridgehead atoms. The lowest BCUT2D eigenvalue weighted by molar-refractivity contribution is -0.258. The highest BCUT2D eigenvalue weighted by Crippen LogP contribution is 2.39. The fraction of sp³-hybridized carbons (Fsp3) is 0.400. The maximum Gasteiger partial charge on any atom is 0.421 e. The van der Waals surface area contributed by atoms with Gasteiger partial charge >= 0.3 is 6.18 Å². The van der Waals surface area contributed by atoms with Gasteiger partial charge in [-0.05, 0) is 60.7 Å². The lowest BCUT2D eigenvalue weighted by atomic mass is 9.93. The van der Waals surface area contributed by atoms with Gasteiger partial charge in [0.2, 0.25) is 5.91 Å². The van der Waals surface area contributed by atoms with Crippen LogP contribution in [-0.2, 0) is 23.5 Å². The van der Waals surface area contributed by atoms with Crippen molar-refractivity contribution in [2.75, 3.05) is 19.6 Å². The first-order chi connectivity index (χ1) is 18.4. The predicted octanol–water partition coefficient (Wildman–Crippen LogP) is 4.73. The SMILES string of the molecule is CC(C)NC(=O)[C@H]1CN(Cc2ccc(-c3ccc(C(C)(O)C(F)(F)F)cc3)cc2)CCN1Cc1ccncc1. The maximum absolute atomic E-state index is 13.1. The monoisotopic (exact) mass is 540 g/mol. The van der Waals surface area contributed by atoms with Crippen LogP contribution in [0.2, 0.25) is 0 Å². The van der Waals surface area contributed by atoms with Crippen LogP contribution in [0, 0.1) is 0 Å². The molecule has 2 atom stereocenters. The molecule has 1 amide bonds. The number of aliphatic hydroxyl groups is 1. The second kappa shape index (κ2) is 11.9. The van der Waals surface area contributed by atoms with Crippen LogP contribution in [0.3, 0.4) is 0 Å². The number of hydrogen-bond donors (Lipinski definition) is 2. The average molecular weight is 541 g/mol. The first kappa shape index (κ1) is 28.7. The summed E-state index contributed by atoms with van der Waals surface area (Å²) in [6.07, 6.45) is -1.23. The number of rotatable bonds is 8. The number of carbonyl (C=O) groups excluding carboxylic acids is 1. The van der Waals surface area contributed by atoms with Crippen molar-refractivity contribution in [1.29, 1.82) is 0 Å². The Labute approximate surface area is 227 Å². The number of carbonyl (C=O) groups is 1. The van der Waals surface area contributed by atoms with E-state index < -0.39 is 11.8 Å². The molecule has 9 heteroatoms. The lowest BCUT2D eigenvalue weighted by Crippen LogP contribution is -2.59. The molecule has 0 radical (unpaired) electrons. The summed E-state index contributed by atoms with van der Waals surface area (Å²) in [7, 11) is 0. The third kappa shape index (κ3) is 7.03. The Morgan fingerprint density at radius 1 is 0.949 bits per heavy atom. The Morgan fingerprint density at radius 3 is 2.08 bits per heavy atom. The quantitative estimate of drug-likeness (QED) is 0.433. The van der Waals surface area contributed by atoms with Gasteiger partial charge in [0.05, 0.1) is 0 Å². The van der Waals surface area contributed by atoms with Crippen molar-refractivity contribution >= 4 is 5.91 Å². The van der Waals surface area contributed by atoms with Gasteiger partial charge in [-0.3, -0.25) is 19.6 Å². The van der Waals surface area contributed by atoms with Gasteiger partial charge in [-0.25, -0.2) is 0 Å². The number of benzene rings is 2. The van der Waals surface area contributed by atoms with Gasteiger partial charge in [-0.15, -0.1) is 0 Å². The van der Waals surface area contributed by atoms with E-state index in [4.69, 9.17) is 0 Å². The van der Waals surface area contributed by atoms with E-state index >= 15 is 0 Å². The Bertz CT molecular complexity index is 1230. The molecule has 4 rings (SSSR count). The van der Waals surface area contributed by atoms with E-state index in [2.05, 4.69) is 20.1 Å². The highest BCUT2D eigenvalue weighted by atomic mass is 19.4. The number of alkyl halides is 3. The molecule has 1 aliphatic rings. The summed E-state index contributed by atoms with van der Waals surface area (Å²) in [5.41, 5.74) is 0.732. The number of nitrogens with zero attached hydrogens (tertiary/aromatic N) is 3. The lowest BCUT2D eigenvalue weighted by Gasteiger charge is -2.41. The van der Waals surface area contributed by atoms with Gasteiger partial charge < -0.3 is 10.4 Å². The minimum absolute atomic E-state index is 0.0204. The molecule has 208 valence electrons. The third-order valence-electron chi connectivity index (χ3n) is 7.14. The van der Waals surface area contributed by atoms with Gasteiger partial charge in [-0.1, -0.05) is 48.5 Å². The van der Waals surface area contributed by atoms with Crippen molar-refractivity contribution in [2.24, 2.45) is 0 Å². The Kier molecular flexibility index (Phi) is 8.73. The fourth-order valence-electron chi connectivity index (χ4n) is 4.77. The van der Waals surface area contributed by atoms with E-state index in [-0.39, 0.29) is 23.6 Å². The van der Waals surface area contributed by atoms with E-state index in [9.17, 15) is 23.1 Å². The van der Waals surface area contributed by atoms with Crippen molar-refractivity contribution in [3.05, 3.63) is 89.7 Å². The number of aromatic nitrogens is 1. The molecule has 6 nitrogen and oxygen atoms in total. The number of pyridine rings is 1. The van der Waals surface area contributed by atoms with Crippen molar-refractivity contribution in [3.8, 4) is 11.1 Å². The number of nitrogens with one attached hydrogen (secondary N) is 1. The number of piperazine rings is 1. The van der Waals surface area contributed by atoms with E-state index in [1.54, 1.807) is 24.5 Å². The second-order valence-corrected chi connectivity index (χ2v) is 10.6. The Morgan fingerprint density at radius 2 is 1.51 bits per heavy atom. The molecular formula is C30H35F3N4O2. The van der Waals surface area contributed by atoms with Crippen LogP contribution < -0.4 is 5.32 Å². The van der Waals surface area contributed by atoms with E-state index in [0.29, 0.717) is 19.6 Å². The zero-order valence-corrected chi connectivity index (χ0v) is 22.4. The molecular weight excluding hydrogens is 505 g/mol. The molecule has 39 heavy (non-hydrogen) atoms. The molecule has 1 unspecified atom stereocenters. The molecule has 0 aliphatic carbocycles.